The second kappa shape index (κ2) is 11.1. The zero-order valence-electron chi connectivity index (χ0n) is 18.3. The summed E-state index contributed by atoms with van der Waals surface area (Å²) in [6.07, 6.45) is 1.80. The molecule has 1 N–H and O–H groups in total. The van der Waals surface area contributed by atoms with Crippen molar-refractivity contribution in [3.05, 3.63) is 89.5 Å². The van der Waals surface area contributed by atoms with Crippen LogP contribution in [0.15, 0.2) is 72.8 Å². The largest absolute Gasteiger partial charge is 0.497 e. The highest BCUT2D eigenvalue weighted by Gasteiger charge is 2.13. The Kier molecular flexibility index (Phi) is 7.93. The fourth-order valence-corrected chi connectivity index (χ4v) is 3.27. The van der Waals surface area contributed by atoms with E-state index in [0.717, 1.165) is 24.2 Å². The Hall–Kier alpha value is -3.47. The molecule has 3 aromatic rings. The van der Waals surface area contributed by atoms with Gasteiger partial charge in [-0.25, -0.2) is 0 Å². The van der Waals surface area contributed by atoms with Crippen LogP contribution in [0.1, 0.15) is 34.8 Å². The molecule has 0 aliphatic heterocycles. The van der Waals surface area contributed by atoms with Crippen LogP contribution in [0.3, 0.4) is 0 Å². The van der Waals surface area contributed by atoms with Gasteiger partial charge in [-0.15, -0.1) is 0 Å². The van der Waals surface area contributed by atoms with E-state index in [4.69, 9.17) is 14.2 Å². The zero-order valence-corrected chi connectivity index (χ0v) is 18.3. The lowest BCUT2D eigenvalue weighted by atomic mass is 10.1. The average molecular weight is 420 g/mol. The monoisotopic (exact) mass is 419 g/mol. The van der Waals surface area contributed by atoms with Crippen molar-refractivity contribution in [3.8, 4) is 17.2 Å². The van der Waals surface area contributed by atoms with E-state index in [9.17, 15) is 4.79 Å². The number of amides is 1. The highest BCUT2D eigenvalue weighted by molar-refractivity contribution is 5.94. The molecule has 0 spiro atoms. The van der Waals surface area contributed by atoms with Crippen molar-refractivity contribution in [2.45, 2.75) is 32.4 Å². The van der Waals surface area contributed by atoms with Crippen molar-refractivity contribution < 1.29 is 19.0 Å². The summed E-state index contributed by atoms with van der Waals surface area (Å²) in [5.41, 5.74) is 2.66. The van der Waals surface area contributed by atoms with E-state index in [1.165, 1.54) is 5.56 Å². The number of ether oxygens (including phenoxy) is 3. The van der Waals surface area contributed by atoms with E-state index in [1.807, 2.05) is 55.5 Å². The van der Waals surface area contributed by atoms with E-state index in [-0.39, 0.29) is 11.9 Å². The molecule has 1 unspecified atom stereocenters. The van der Waals surface area contributed by atoms with Gasteiger partial charge in [-0.3, -0.25) is 4.79 Å². The molecular weight excluding hydrogens is 390 g/mol. The molecule has 5 heteroatoms. The van der Waals surface area contributed by atoms with Gasteiger partial charge in [0.25, 0.3) is 5.91 Å². The standard InChI is InChI=1S/C26H29NO4/c1-19(9-10-20-7-5-4-6-8-20)27-26(28)21-11-16-25(30-3)22(17-21)18-31-24-14-12-23(29-2)13-15-24/h4-8,11-17,19H,9-10,18H2,1-3H3,(H,27,28). The van der Waals surface area contributed by atoms with Gasteiger partial charge in [0.1, 0.15) is 23.9 Å². The Labute approximate surface area is 184 Å². The summed E-state index contributed by atoms with van der Waals surface area (Å²) in [6.45, 7) is 2.32. The van der Waals surface area contributed by atoms with Crippen LogP contribution in [0.5, 0.6) is 17.2 Å². The lowest BCUT2D eigenvalue weighted by Crippen LogP contribution is -2.33. The fourth-order valence-electron chi connectivity index (χ4n) is 3.27. The molecule has 3 rings (SSSR count). The van der Waals surface area contributed by atoms with E-state index >= 15 is 0 Å². The molecule has 0 aliphatic carbocycles. The summed E-state index contributed by atoms with van der Waals surface area (Å²) >= 11 is 0. The fraction of sp³-hybridized carbons (Fsp3) is 0.269. The first-order chi connectivity index (χ1) is 15.1. The van der Waals surface area contributed by atoms with Crippen LogP contribution in [0.4, 0.5) is 0 Å². The van der Waals surface area contributed by atoms with Crippen molar-refractivity contribution in [1.29, 1.82) is 0 Å². The minimum Gasteiger partial charge on any atom is -0.497 e. The Bertz CT molecular complexity index is 970. The van der Waals surface area contributed by atoms with Crippen LogP contribution >= 0.6 is 0 Å². The molecule has 0 heterocycles. The van der Waals surface area contributed by atoms with Crippen LogP contribution in [-0.2, 0) is 13.0 Å². The normalized spacial score (nSPS) is 11.5. The quantitative estimate of drug-likeness (QED) is 0.501. The zero-order chi connectivity index (χ0) is 22.1. The molecule has 3 aromatic carbocycles. The van der Waals surface area contributed by atoms with Gasteiger partial charge in [0.15, 0.2) is 0 Å². The molecule has 31 heavy (non-hydrogen) atoms. The third-order valence-corrected chi connectivity index (χ3v) is 5.08. The number of nitrogens with one attached hydrogen (secondary N) is 1. The number of carbonyl (C=O) groups excluding carboxylic acids is 1. The number of aryl methyl sites for hydroxylation is 1. The molecule has 0 aliphatic rings. The second-order valence-corrected chi connectivity index (χ2v) is 7.39. The smallest absolute Gasteiger partial charge is 0.251 e. The highest BCUT2D eigenvalue weighted by atomic mass is 16.5. The lowest BCUT2D eigenvalue weighted by molar-refractivity contribution is 0.0938. The number of benzene rings is 3. The molecule has 162 valence electrons. The first-order valence-corrected chi connectivity index (χ1v) is 10.4. The van der Waals surface area contributed by atoms with E-state index in [1.54, 1.807) is 26.4 Å². The molecular formula is C26H29NO4. The van der Waals surface area contributed by atoms with Gasteiger partial charge in [0.2, 0.25) is 0 Å². The summed E-state index contributed by atoms with van der Waals surface area (Å²) in [4.78, 5) is 12.8. The van der Waals surface area contributed by atoms with E-state index in [0.29, 0.717) is 23.7 Å². The summed E-state index contributed by atoms with van der Waals surface area (Å²) in [6, 6.07) is 23.1. The SMILES string of the molecule is COc1ccc(OCc2cc(C(=O)NC(C)CCc3ccccc3)ccc2OC)cc1. The molecule has 0 bridgehead atoms. The Morgan fingerprint density at radius 3 is 2.29 bits per heavy atom. The third-order valence-electron chi connectivity index (χ3n) is 5.08. The van der Waals surface area contributed by atoms with Gasteiger partial charge in [0, 0.05) is 17.2 Å². The van der Waals surface area contributed by atoms with Gasteiger partial charge in [0.05, 0.1) is 14.2 Å². The first kappa shape index (κ1) is 22.2. The van der Waals surface area contributed by atoms with Gasteiger partial charge in [-0.05, 0) is 67.8 Å². The number of rotatable bonds is 10. The minimum atomic E-state index is -0.103. The molecule has 0 saturated carbocycles. The summed E-state index contributed by atoms with van der Waals surface area (Å²) in [5, 5.41) is 3.08. The van der Waals surface area contributed by atoms with Crippen molar-refractivity contribution in [3.63, 3.8) is 0 Å². The van der Waals surface area contributed by atoms with Gasteiger partial charge < -0.3 is 19.5 Å². The van der Waals surface area contributed by atoms with Crippen LogP contribution < -0.4 is 19.5 Å². The van der Waals surface area contributed by atoms with Crippen LogP contribution in [0.25, 0.3) is 0 Å². The maximum absolute atomic E-state index is 12.8. The van der Waals surface area contributed by atoms with E-state index in [2.05, 4.69) is 17.4 Å². The first-order valence-electron chi connectivity index (χ1n) is 10.4. The van der Waals surface area contributed by atoms with Crippen LogP contribution in [-0.4, -0.2) is 26.2 Å². The molecule has 5 nitrogen and oxygen atoms in total. The summed E-state index contributed by atoms with van der Waals surface area (Å²) in [7, 11) is 3.23. The molecule has 1 atom stereocenters. The van der Waals surface area contributed by atoms with Crippen LogP contribution in [0.2, 0.25) is 0 Å². The number of hydrogen-bond acceptors (Lipinski definition) is 4. The average Bonchev–Trinajstić information content (AvgIpc) is 2.82. The molecule has 0 aromatic heterocycles. The predicted molar refractivity (Wildman–Crippen MR) is 122 cm³/mol. The van der Waals surface area contributed by atoms with Crippen LogP contribution in [0, 0.1) is 0 Å². The van der Waals surface area contributed by atoms with Crippen molar-refractivity contribution in [2.75, 3.05) is 14.2 Å². The summed E-state index contributed by atoms with van der Waals surface area (Å²) < 4.78 is 16.5. The molecule has 0 radical (unpaired) electrons. The lowest BCUT2D eigenvalue weighted by Gasteiger charge is -2.16. The number of carbonyl (C=O) groups is 1. The Balaban J connectivity index is 1.60. The maximum Gasteiger partial charge on any atom is 0.251 e. The van der Waals surface area contributed by atoms with Gasteiger partial charge in [-0.1, -0.05) is 30.3 Å². The van der Waals surface area contributed by atoms with E-state index < -0.39 is 0 Å². The molecule has 0 saturated heterocycles. The van der Waals surface area contributed by atoms with Crippen molar-refractivity contribution in [2.24, 2.45) is 0 Å². The summed E-state index contributed by atoms with van der Waals surface area (Å²) in [5.74, 6) is 2.06. The minimum absolute atomic E-state index is 0.0637. The van der Waals surface area contributed by atoms with Crippen molar-refractivity contribution in [1.82, 2.24) is 5.32 Å². The maximum atomic E-state index is 12.8. The Morgan fingerprint density at radius 2 is 1.61 bits per heavy atom. The topological polar surface area (TPSA) is 56.8 Å². The van der Waals surface area contributed by atoms with Gasteiger partial charge in [-0.2, -0.15) is 0 Å². The molecule has 1 amide bonds. The molecule has 0 fully saturated rings. The third kappa shape index (κ3) is 6.51. The number of methoxy groups -OCH3 is 2. The number of hydrogen-bond donors (Lipinski definition) is 1. The van der Waals surface area contributed by atoms with Gasteiger partial charge >= 0.3 is 0 Å². The second-order valence-electron chi connectivity index (χ2n) is 7.39. The highest BCUT2D eigenvalue weighted by Crippen LogP contribution is 2.23. The van der Waals surface area contributed by atoms with Crippen molar-refractivity contribution >= 4 is 5.91 Å². The Morgan fingerprint density at radius 1 is 0.903 bits per heavy atom. The predicted octanol–water partition coefficient (Wildman–Crippen LogP) is 5.03.